The molecule has 3 rings (SSSR count). The van der Waals surface area contributed by atoms with E-state index in [9.17, 15) is 0 Å². The van der Waals surface area contributed by atoms with Gasteiger partial charge in [0.1, 0.15) is 12.4 Å². The minimum Gasteiger partial charge on any atom is -0.491 e. The maximum atomic E-state index is 5.93. The zero-order chi connectivity index (χ0) is 21.9. The Hall–Kier alpha value is -2.93. The van der Waals surface area contributed by atoms with Crippen LogP contribution in [-0.2, 0) is 17.8 Å². The molecule has 2 aromatic carbocycles. The molecule has 2 aromatic rings. The van der Waals surface area contributed by atoms with Gasteiger partial charge in [-0.25, -0.2) is 0 Å². The molecule has 2 N–H and O–H groups in total. The molecule has 0 aromatic heterocycles. The zero-order valence-corrected chi connectivity index (χ0v) is 18.7. The fraction of sp³-hybridized carbons (Fsp3) is 0.458. The second-order valence-corrected chi connectivity index (χ2v) is 7.23. The lowest BCUT2D eigenvalue weighted by molar-refractivity contribution is 0.110. The molecule has 168 valence electrons. The largest absolute Gasteiger partial charge is 0.491 e. The summed E-state index contributed by atoms with van der Waals surface area (Å²) in [6, 6.07) is 12.2. The first-order chi connectivity index (χ1) is 15.2. The van der Waals surface area contributed by atoms with Gasteiger partial charge in [0.2, 0.25) is 0 Å². The minimum atomic E-state index is 0.526. The molecule has 1 aliphatic rings. The van der Waals surface area contributed by atoms with Crippen LogP contribution in [0.2, 0.25) is 0 Å². The summed E-state index contributed by atoms with van der Waals surface area (Å²) >= 11 is 0. The van der Waals surface area contributed by atoms with E-state index >= 15 is 0 Å². The molecule has 0 spiro atoms. The first-order valence-electron chi connectivity index (χ1n) is 10.8. The number of para-hydroxylation sites is 1. The highest BCUT2D eigenvalue weighted by molar-refractivity contribution is 5.79. The Bertz CT molecular complexity index is 870. The molecule has 7 nitrogen and oxygen atoms in total. The third-order valence-corrected chi connectivity index (χ3v) is 4.88. The number of benzene rings is 2. The molecular formula is C24H33N3O4. The van der Waals surface area contributed by atoms with Crippen molar-refractivity contribution in [1.82, 2.24) is 10.6 Å². The molecule has 1 aliphatic heterocycles. The van der Waals surface area contributed by atoms with E-state index < -0.39 is 0 Å². The average molecular weight is 428 g/mol. The van der Waals surface area contributed by atoms with Gasteiger partial charge in [-0.05, 0) is 31.5 Å². The van der Waals surface area contributed by atoms with Crippen LogP contribution >= 0.6 is 0 Å². The molecule has 0 unspecified atom stereocenters. The van der Waals surface area contributed by atoms with Crippen LogP contribution in [0.1, 0.15) is 30.0 Å². The van der Waals surface area contributed by atoms with E-state index in [1.807, 2.05) is 25.1 Å². The van der Waals surface area contributed by atoms with Crippen LogP contribution in [0.5, 0.6) is 17.2 Å². The van der Waals surface area contributed by atoms with E-state index in [0.717, 1.165) is 40.4 Å². The number of hydrogen-bond donors (Lipinski definition) is 2. The summed E-state index contributed by atoms with van der Waals surface area (Å²) in [5.74, 6) is 3.18. The Balaban J connectivity index is 1.58. The Kier molecular flexibility index (Phi) is 8.84. The van der Waals surface area contributed by atoms with Crippen LogP contribution in [0.15, 0.2) is 41.4 Å². The third kappa shape index (κ3) is 6.79. The molecule has 0 amide bonds. The number of guanidine groups is 1. The molecule has 31 heavy (non-hydrogen) atoms. The van der Waals surface area contributed by atoms with Crippen LogP contribution in [0.4, 0.5) is 0 Å². The fourth-order valence-electron chi connectivity index (χ4n) is 3.27. The van der Waals surface area contributed by atoms with Gasteiger partial charge in [-0.1, -0.05) is 24.3 Å². The van der Waals surface area contributed by atoms with Gasteiger partial charge in [-0.3, -0.25) is 4.99 Å². The summed E-state index contributed by atoms with van der Waals surface area (Å²) in [4.78, 5) is 4.34. The van der Waals surface area contributed by atoms with Gasteiger partial charge in [0.15, 0.2) is 17.5 Å². The lowest BCUT2D eigenvalue weighted by atomic mass is 10.1. The maximum absolute atomic E-state index is 5.93. The second-order valence-electron chi connectivity index (χ2n) is 7.23. The summed E-state index contributed by atoms with van der Waals surface area (Å²) in [5.41, 5.74) is 3.26. The number of hydrogen-bond acceptors (Lipinski definition) is 5. The Morgan fingerprint density at radius 3 is 2.65 bits per heavy atom. The van der Waals surface area contributed by atoms with Gasteiger partial charge in [0.05, 0.1) is 19.8 Å². The van der Waals surface area contributed by atoms with E-state index in [4.69, 9.17) is 18.9 Å². The van der Waals surface area contributed by atoms with Crippen molar-refractivity contribution in [3.63, 3.8) is 0 Å². The van der Waals surface area contributed by atoms with Crippen LogP contribution in [0.3, 0.4) is 0 Å². The van der Waals surface area contributed by atoms with Crippen molar-refractivity contribution >= 4 is 5.96 Å². The summed E-state index contributed by atoms with van der Waals surface area (Å²) < 4.78 is 23.0. The van der Waals surface area contributed by atoms with E-state index in [0.29, 0.717) is 52.1 Å². The Morgan fingerprint density at radius 1 is 1.03 bits per heavy atom. The Labute approximate surface area is 184 Å². The summed E-state index contributed by atoms with van der Waals surface area (Å²) in [6.45, 7) is 8.35. The number of nitrogens with zero attached hydrogens (tertiary/aromatic N) is 1. The molecule has 0 atom stereocenters. The standard InChI is InChI=1S/C24H33N3O4/c1-4-28-13-14-30-22-15-18(2)9-10-19(22)16-26-24(25-3)27-17-20-7-5-8-21-23(20)31-12-6-11-29-21/h5,7-10,15H,4,6,11-14,16-17H2,1-3H3,(H2,25,26,27). The molecular weight excluding hydrogens is 394 g/mol. The van der Waals surface area contributed by atoms with Gasteiger partial charge in [-0.2, -0.15) is 0 Å². The van der Waals surface area contributed by atoms with Gasteiger partial charge in [-0.15, -0.1) is 0 Å². The Morgan fingerprint density at radius 2 is 1.84 bits per heavy atom. The first kappa shape index (κ1) is 22.7. The first-order valence-corrected chi connectivity index (χ1v) is 10.8. The fourth-order valence-corrected chi connectivity index (χ4v) is 3.27. The maximum Gasteiger partial charge on any atom is 0.191 e. The molecule has 1 heterocycles. The minimum absolute atomic E-state index is 0.526. The molecule has 7 heteroatoms. The summed E-state index contributed by atoms with van der Waals surface area (Å²) in [5, 5.41) is 6.73. The highest BCUT2D eigenvalue weighted by atomic mass is 16.5. The van der Waals surface area contributed by atoms with Crippen molar-refractivity contribution in [1.29, 1.82) is 0 Å². The van der Waals surface area contributed by atoms with E-state index in [1.165, 1.54) is 0 Å². The van der Waals surface area contributed by atoms with Gasteiger partial charge in [0.25, 0.3) is 0 Å². The molecule has 0 saturated heterocycles. The zero-order valence-electron chi connectivity index (χ0n) is 18.7. The second kappa shape index (κ2) is 12.1. The van der Waals surface area contributed by atoms with Crippen molar-refractivity contribution in [3.8, 4) is 17.2 Å². The number of aliphatic imine (C=N–C) groups is 1. The molecule has 0 saturated carbocycles. The number of nitrogens with one attached hydrogen (secondary N) is 2. The predicted octanol–water partition coefficient (Wildman–Crippen LogP) is 3.44. The molecule has 0 radical (unpaired) electrons. The molecule has 0 aliphatic carbocycles. The van der Waals surface area contributed by atoms with Crippen molar-refractivity contribution in [2.24, 2.45) is 4.99 Å². The average Bonchev–Trinajstić information content (AvgIpc) is 3.04. The molecule has 0 bridgehead atoms. The van der Waals surface area contributed by atoms with Crippen LogP contribution in [-0.4, -0.2) is 46.0 Å². The third-order valence-electron chi connectivity index (χ3n) is 4.88. The number of aryl methyl sites for hydroxylation is 1. The number of rotatable bonds is 9. The highest BCUT2D eigenvalue weighted by Gasteiger charge is 2.14. The van der Waals surface area contributed by atoms with Crippen LogP contribution in [0, 0.1) is 6.92 Å². The van der Waals surface area contributed by atoms with Gasteiger partial charge < -0.3 is 29.6 Å². The highest BCUT2D eigenvalue weighted by Crippen LogP contribution is 2.33. The van der Waals surface area contributed by atoms with Crippen molar-refractivity contribution in [2.75, 3.05) is 40.1 Å². The summed E-state index contributed by atoms with van der Waals surface area (Å²) in [7, 11) is 1.76. The van der Waals surface area contributed by atoms with Crippen LogP contribution < -0.4 is 24.8 Å². The topological polar surface area (TPSA) is 73.3 Å². The number of fused-ring (bicyclic) bond motifs is 1. The predicted molar refractivity (Wildman–Crippen MR) is 122 cm³/mol. The lowest BCUT2D eigenvalue weighted by Gasteiger charge is -2.17. The van der Waals surface area contributed by atoms with E-state index in [-0.39, 0.29) is 0 Å². The lowest BCUT2D eigenvalue weighted by Crippen LogP contribution is -2.36. The number of ether oxygens (including phenoxy) is 4. The van der Waals surface area contributed by atoms with Crippen molar-refractivity contribution < 1.29 is 18.9 Å². The van der Waals surface area contributed by atoms with Crippen LogP contribution in [0.25, 0.3) is 0 Å². The quantitative estimate of drug-likeness (QED) is 0.363. The van der Waals surface area contributed by atoms with Gasteiger partial charge in [0, 0.05) is 44.3 Å². The normalized spacial score (nSPS) is 13.5. The van der Waals surface area contributed by atoms with Gasteiger partial charge >= 0.3 is 0 Å². The SMILES string of the molecule is CCOCCOc1cc(C)ccc1CNC(=NC)NCc1cccc2c1OCCCO2. The molecule has 0 fully saturated rings. The van der Waals surface area contributed by atoms with E-state index in [1.54, 1.807) is 7.05 Å². The van der Waals surface area contributed by atoms with E-state index in [2.05, 4.69) is 40.7 Å². The van der Waals surface area contributed by atoms with Crippen molar-refractivity contribution in [3.05, 3.63) is 53.1 Å². The monoisotopic (exact) mass is 427 g/mol. The van der Waals surface area contributed by atoms with Crippen molar-refractivity contribution in [2.45, 2.75) is 33.4 Å². The summed E-state index contributed by atoms with van der Waals surface area (Å²) in [6.07, 6.45) is 0.885. The smallest absolute Gasteiger partial charge is 0.191 e.